The second-order valence-corrected chi connectivity index (χ2v) is 9.99. The first-order chi connectivity index (χ1) is 12.0. The highest BCUT2D eigenvalue weighted by molar-refractivity contribution is 8.15. The molecule has 2 aromatic carbocycles. The first kappa shape index (κ1) is 16.9. The Labute approximate surface area is 156 Å². The van der Waals surface area contributed by atoms with Crippen LogP contribution in [0.15, 0.2) is 59.6 Å². The maximum Gasteiger partial charge on any atom is 0.164 e. The van der Waals surface area contributed by atoms with Gasteiger partial charge in [-0.25, -0.2) is 8.42 Å². The number of hydrogen-bond acceptors (Lipinski definition) is 5. The summed E-state index contributed by atoms with van der Waals surface area (Å²) < 4.78 is 23.6. The van der Waals surface area contributed by atoms with Crippen LogP contribution in [-0.2, 0) is 16.4 Å². The van der Waals surface area contributed by atoms with E-state index in [0.717, 1.165) is 21.4 Å². The summed E-state index contributed by atoms with van der Waals surface area (Å²) in [6, 6.07) is 17.6. The number of rotatable bonds is 3. The van der Waals surface area contributed by atoms with Crippen LogP contribution in [0.5, 0.6) is 0 Å². The molecule has 0 spiro atoms. The molecule has 0 unspecified atom stereocenters. The van der Waals surface area contributed by atoms with Gasteiger partial charge in [-0.15, -0.1) is 0 Å². The molecule has 0 bridgehead atoms. The molecule has 130 valence electrons. The van der Waals surface area contributed by atoms with Crippen molar-refractivity contribution in [3.63, 3.8) is 0 Å². The third kappa shape index (κ3) is 3.57. The summed E-state index contributed by atoms with van der Waals surface area (Å²) in [5.74, 6) is 0.368. The molecule has 2 aliphatic rings. The van der Waals surface area contributed by atoms with Crippen molar-refractivity contribution in [2.45, 2.75) is 17.8 Å². The lowest BCUT2D eigenvalue weighted by Gasteiger charge is -2.25. The average Bonchev–Trinajstić information content (AvgIpc) is 3.08. The zero-order valence-corrected chi connectivity index (χ0v) is 15.8. The molecule has 4 nitrogen and oxygen atoms in total. The minimum absolute atomic E-state index is 0.0254. The van der Waals surface area contributed by atoms with Gasteiger partial charge in [-0.1, -0.05) is 59.8 Å². The number of fused-ring (bicyclic) bond motifs is 1. The topological polar surface area (TPSA) is 49.7 Å². The number of halogens is 1. The van der Waals surface area contributed by atoms with Gasteiger partial charge < -0.3 is 4.90 Å². The van der Waals surface area contributed by atoms with Gasteiger partial charge in [-0.3, -0.25) is 4.99 Å². The largest absolute Gasteiger partial charge is 0.317 e. The molecule has 2 atom stereocenters. The van der Waals surface area contributed by atoms with Crippen molar-refractivity contribution in [1.82, 2.24) is 0 Å². The summed E-state index contributed by atoms with van der Waals surface area (Å²) in [6.45, 7) is 0.599. The molecular weight excluding hydrogens is 376 g/mol. The predicted octanol–water partition coefficient (Wildman–Crippen LogP) is 3.62. The predicted molar refractivity (Wildman–Crippen MR) is 105 cm³/mol. The molecule has 2 aliphatic heterocycles. The zero-order valence-electron chi connectivity index (χ0n) is 13.4. The van der Waals surface area contributed by atoms with Crippen molar-refractivity contribution in [2.75, 3.05) is 16.4 Å². The van der Waals surface area contributed by atoms with Gasteiger partial charge in [0.15, 0.2) is 15.0 Å². The van der Waals surface area contributed by atoms with Crippen LogP contribution in [0.2, 0.25) is 5.02 Å². The number of aliphatic imine (C=N–C) groups is 1. The normalized spacial score (nSPS) is 24.0. The lowest BCUT2D eigenvalue weighted by Crippen LogP contribution is -2.28. The fraction of sp³-hybridized carbons (Fsp3) is 0.278. The van der Waals surface area contributed by atoms with Crippen molar-refractivity contribution < 1.29 is 8.42 Å². The number of thioether (sulfide) groups is 1. The summed E-state index contributed by atoms with van der Waals surface area (Å²) in [4.78, 5) is 6.85. The highest BCUT2D eigenvalue weighted by Crippen LogP contribution is 2.37. The van der Waals surface area contributed by atoms with E-state index in [9.17, 15) is 8.42 Å². The fourth-order valence-corrected chi connectivity index (χ4v) is 7.12. The van der Waals surface area contributed by atoms with Gasteiger partial charge in [0.05, 0.1) is 24.1 Å². The number of amidine groups is 1. The van der Waals surface area contributed by atoms with Crippen LogP contribution in [0.4, 0.5) is 5.69 Å². The summed E-state index contributed by atoms with van der Waals surface area (Å²) in [7, 11) is -2.95. The summed E-state index contributed by atoms with van der Waals surface area (Å²) in [5.41, 5.74) is 2.04. The van der Waals surface area contributed by atoms with Crippen LogP contribution in [0.1, 0.15) is 5.56 Å². The number of benzene rings is 2. The third-order valence-electron chi connectivity index (χ3n) is 4.39. The Morgan fingerprint density at radius 2 is 1.80 bits per heavy atom. The molecule has 0 N–H and O–H groups in total. The van der Waals surface area contributed by atoms with E-state index in [1.165, 1.54) is 0 Å². The van der Waals surface area contributed by atoms with Gasteiger partial charge in [0.2, 0.25) is 0 Å². The Kier molecular flexibility index (Phi) is 4.52. The third-order valence-corrected chi connectivity index (χ3v) is 8.01. The minimum atomic E-state index is -2.95. The number of anilines is 1. The quantitative estimate of drug-likeness (QED) is 0.800. The Bertz CT molecular complexity index is 916. The van der Waals surface area contributed by atoms with Gasteiger partial charge in [-0.2, -0.15) is 0 Å². The van der Waals surface area contributed by atoms with Gasteiger partial charge >= 0.3 is 0 Å². The maximum atomic E-state index is 11.8. The van der Waals surface area contributed by atoms with Crippen molar-refractivity contribution in [1.29, 1.82) is 0 Å². The Hall–Kier alpha value is -1.50. The van der Waals surface area contributed by atoms with Crippen LogP contribution in [0.25, 0.3) is 0 Å². The zero-order chi connectivity index (χ0) is 17.4. The summed E-state index contributed by atoms with van der Waals surface area (Å²) in [6.07, 6.45) is 0. The van der Waals surface area contributed by atoms with Gasteiger partial charge in [0, 0.05) is 16.0 Å². The van der Waals surface area contributed by atoms with Crippen LogP contribution in [-0.4, -0.2) is 36.4 Å². The molecule has 0 saturated carbocycles. The Morgan fingerprint density at radius 1 is 1.08 bits per heavy atom. The first-order valence-electron chi connectivity index (χ1n) is 8.03. The number of hydrogen-bond donors (Lipinski definition) is 0. The fourth-order valence-electron chi connectivity index (χ4n) is 3.15. The van der Waals surface area contributed by atoms with E-state index < -0.39 is 9.84 Å². The maximum absolute atomic E-state index is 11.8. The smallest absolute Gasteiger partial charge is 0.164 e. The molecule has 0 aromatic heterocycles. The second kappa shape index (κ2) is 6.67. The molecule has 0 amide bonds. The summed E-state index contributed by atoms with van der Waals surface area (Å²) >= 11 is 7.91. The average molecular weight is 393 g/mol. The van der Waals surface area contributed by atoms with Crippen molar-refractivity contribution in [3.05, 3.63) is 65.2 Å². The molecule has 1 fully saturated rings. The van der Waals surface area contributed by atoms with Crippen LogP contribution < -0.4 is 4.90 Å². The van der Waals surface area contributed by atoms with E-state index in [-0.39, 0.29) is 22.8 Å². The Morgan fingerprint density at radius 3 is 2.52 bits per heavy atom. The molecule has 0 radical (unpaired) electrons. The molecule has 4 rings (SSSR count). The number of para-hydroxylation sites is 1. The van der Waals surface area contributed by atoms with Crippen molar-refractivity contribution in [3.8, 4) is 0 Å². The first-order valence-corrected chi connectivity index (χ1v) is 11.1. The molecule has 1 saturated heterocycles. The van der Waals surface area contributed by atoms with E-state index in [1.54, 1.807) is 11.8 Å². The van der Waals surface area contributed by atoms with Gasteiger partial charge in [0.1, 0.15) is 0 Å². The molecule has 2 aromatic rings. The van der Waals surface area contributed by atoms with E-state index >= 15 is 0 Å². The second-order valence-electron chi connectivity index (χ2n) is 6.23. The van der Waals surface area contributed by atoms with Crippen molar-refractivity contribution in [2.24, 2.45) is 4.99 Å². The number of nitrogens with zero attached hydrogens (tertiary/aromatic N) is 2. The van der Waals surface area contributed by atoms with Crippen LogP contribution in [0, 0.1) is 0 Å². The van der Waals surface area contributed by atoms with E-state index in [2.05, 4.69) is 4.90 Å². The van der Waals surface area contributed by atoms with E-state index in [0.29, 0.717) is 6.54 Å². The minimum Gasteiger partial charge on any atom is -0.317 e. The highest BCUT2D eigenvalue weighted by atomic mass is 35.5. The van der Waals surface area contributed by atoms with Gasteiger partial charge in [-0.05, 0) is 23.8 Å². The summed E-state index contributed by atoms with van der Waals surface area (Å²) in [5, 5.41) is 1.61. The Balaban J connectivity index is 1.67. The SMILES string of the molecule is O=S1(=O)C[C@@H]2N=C(N(Cc3ccccc3Cl)c3ccccc3)S[C@H]2C1. The lowest BCUT2D eigenvalue weighted by molar-refractivity contribution is 0.601. The number of sulfone groups is 1. The molecule has 7 heteroatoms. The van der Waals surface area contributed by atoms with Gasteiger partial charge in [0.25, 0.3) is 0 Å². The van der Waals surface area contributed by atoms with E-state index in [4.69, 9.17) is 16.6 Å². The molecule has 25 heavy (non-hydrogen) atoms. The molecule has 0 aliphatic carbocycles. The van der Waals surface area contributed by atoms with E-state index in [1.807, 2.05) is 54.6 Å². The lowest BCUT2D eigenvalue weighted by atomic mass is 10.2. The monoisotopic (exact) mass is 392 g/mol. The van der Waals surface area contributed by atoms with Crippen LogP contribution in [0.3, 0.4) is 0 Å². The van der Waals surface area contributed by atoms with Crippen LogP contribution >= 0.6 is 23.4 Å². The highest BCUT2D eigenvalue weighted by Gasteiger charge is 2.44. The standard InChI is InChI=1S/C18H17ClN2O2S2/c19-15-9-5-4-6-13(15)10-21(14-7-2-1-3-8-14)18-20-16-11-25(22,23)12-17(16)24-18/h1-9,16-17H,10-12H2/t16-,17-/m0/s1. The van der Waals surface area contributed by atoms with Crippen molar-refractivity contribution >= 4 is 44.1 Å². The molecule has 2 heterocycles. The molecular formula is C18H17ClN2O2S2.